The molecule has 1 aliphatic rings. The fraction of sp³-hybridized carbons (Fsp3) is 0.455. The van der Waals surface area contributed by atoms with Crippen molar-refractivity contribution in [3.8, 4) is 11.4 Å². The Bertz CT molecular complexity index is 526. The number of nitrogens with two attached hydrogens (primary N) is 1. The molecule has 3 N–H and O–H groups in total. The van der Waals surface area contributed by atoms with Gasteiger partial charge in [-0.05, 0) is 24.8 Å². The summed E-state index contributed by atoms with van der Waals surface area (Å²) < 4.78 is 0. The van der Waals surface area contributed by atoms with Gasteiger partial charge in [0.25, 0.3) is 0 Å². The standard InChI is InChI=1S/C11H14N4S/c1-2-8-13-11(15-14-8)9-6-4-3-5-7(6)16-10(9)12/h2-5,12H2,1H3,(H,13,14,15). The van der Waals surface area contributed by atoms with E-state index in [0.717, 1.165) is 41.5 Å². The number of nitrogens with one attached hydrogen (secondary N) is 1. The molecule has 4 nitrogen and oxygen atoms in total. The molecule has 0 fully saturated rings. The fourth-order valence-electron chi connectivity index (χ4n) is 2.24. The number of aromatic nitrogens is 3. The molecular formula is C11H14N4S. The molecule has 2 aromatic rings. The van der Waals surface area contributed by atoms with Crippen molar-refractivity contribution in [1.82, 2.24) is 15.2 Å². The summed E-state index contributed by atoms with van der Waals surface area (Å²) in [7, 11) is 0. The highest BCUT2D eigenvalue weighted by molar-refractivity contribution is 7.16. The van der Waals surface area contributed by atoms with E-state index in [4.69, 9.17) is 5.73 Å². The molecule has 84 valence electrons. The van der Waals surface area contributed by atoms with Gasteiger partial charge in [-0.1, -0.05) is 6.92 Å². The van der Waals surface area contributed by atoms with Crippen LogP contribution in [0.2, 0.25) is 0 Å². The predicted octanol–water partition coefficient (Wildman–Crippen LogP) is 2.17. The minimum absolute atomic E-state index is 0.772. The van der Waals surface area contributed by atoms with Crippen molar-refractivity contribution >= 4 is 16.3 Å². The van der Waals surface area contributed by atoms with Crippen LogP contribution in [0, 0.1) is 0 Å². The van der Waals surface area contributed by atoms with Crippen molar-refractivity contribution in [2.45, 2.75) is 32.6 Å². The summed E-state index contributed by atoms with van der Waals surface area (Å²) in [5.74, 6) is 1.70. The third-order valence-corrected chi connectivity index (χ3v) is 4.16. The van der Waals surface area contributed by atoms with Crippen molar-refractivity contribution in [2.75, 3.05) is 5.73 Å². The smallest absolute Gasteiger partial charge is 0.184 e. The SMILES string of the molecule is CCc1nc(-c2c(N)sc3c2CCC3)n[nH]1. The predicted molar refractivity (Wildman–Crippen MR) is 65.5 cm³/mol. The topological polar surface area (TPSA) is 67.6 Å². The van der Waals surface area contributed by atoms with Gasteiger partial charge in [0.15, 0.2) is 5.82 Å². The molecule has 0 unspecified atom stereocenters. The van der Waals surface area contributed by atoms with Gasteiger partial charge >= 0.3 is 0 Å². The first-order valence-corrected chi connectivity index (χ1v) is 6.43. The monoisotopic (exact) mass is 234 g/mol. The Labute approximate surface area is 97.9 Å². The van der Waals surface area contributed by atoms with E-state index in [1.54, 1.807) is 11.3 Å². The number of rotatable bonds is 2. The summed E-state index contributed by atoms with van der Waals surface area (Å²) in [6, 6.07) is 0. The fourth-order valence-corrected chi connectivity index (χ4v) is 3.39. The van der Waals surface area contributed by atoms with Crippen molar-refractivity contribution in [2.24, 2.45) is 0 Å². The molecule has 2 heterocycles. The summed E-state index contributed by atoms with van der Waals surface area (Å²) >= 11 is 1.70. The molecular weight excluding hydrogens is 220 g/mol. The number of fused-ring (bicyclic) bond motifs is 1. The van der Waals surface area contributed by atoms with Crippen LogP contribution < -0.4 is 5.73 Å². The van der Waals surface area contributed by atoms with E-state index < -0.39 is 0 Å². The minimum Gasteiger partial charge on any atom is -0.390 e. The van der Waals surface area contributed by atoms with Crippen molar-refractivity contribution in [3.63, 3.8) is 0 Å². The summed E-state index contributed by atoms with van der Waals surface area (Å²) in [6.07, 6.45) is 4.39. The van der Waals surface area contributed by atoms with Gasteiger partial charge in [-0.15, -0.1) is 11.3 Å². The summed E-state index contributed by atoms with van der Waals surface area (Å²) in [6.45, 7) is 2.06. The van der Waals surface area contributed by atoms with Crippen LogP contribution in [0.4, 0.5) is 5.00 Å². The molecule has 5 heteroatoms. The quantitative estimate of drug-likeness (QED) is 0.836. The average molecular weight is 234 g/mol. The summed E-state index contributed by atoms with van der Waals surface area (Å²) in [5, 5.41) is 8.08. The highest BCUT2D eigenvalue weighted by Crippen LogP contribution is 2.41. The molecule has 0 saturated heterocycles. The minimum atomic E-state index is 0.772. The van der Waals surface area contributed by atoms with E-state index in [1.165, 1.54) is 16.9 Å². The second kappa shape index (κ2) is 3.59. The third kappa shape index (κ3) is 1.35. The highest BCUT2D eigenvalue weighted by Gasteiger charge is 2.23. The van der Waals surface area contributed by atoms with Crippen molar-refractivity contribution < 1.29 is 0 Å². The zero-order valence-electron chi connectivity index (χ0n) is 9.21. The molecule has 0 spiro atoms. The number of aryl methyl sites for hydroxylation is 2. The lowest BCUT2D eigenvalue weighted by Gasteiger charge is -1.97. The van der Waals surface area contributed by atoms with E-state index in [0.29, 0.717) is 0 Å². The maximum Gasteiger partial charge on any atom is 0.184 e. The van der Waals surface area contributed by atoms with Crippen LogP contribution in [-0.4, -0.2) is 15.2 Å². The Kier molecular flexibility index (Phi) is 2.21. The van der Waals surface area contributed by atoms with Crippen LogP contribution in [0.3, 0.4) is 0 Å². The normalized spacial score (nSPS) is 14.3. The molecule has 0 amide bonds. The number of hydrogen-bond donors (Lipinski definition) is 2. The van der Waals surface area contributed by atoms with Gasteiger partial charge in [0, 0.05) is 11.3 Å². The lowest BCUT2D eigenvalue weighted by Crippen LogP contribution is -1.90. The molecule has 0 radical (unpaired) electrons. The Hall–Kier alpha value is -1.36. The van der Waals surface area contributed by atoms with E-state index >= 15 is 0 Å². The number of aromatic amines is 1. The van der Waals surface area contributed by atoms with Gasteiger partial charge in [0.2, 0.25) is 0 Å². The molecule has 1 aliphatic carbocycles. The van der Waals surface area contributed by atoms with Crippen LogP contribution in [0.15, 0.2) is 0 Å². The van der Waals surface area contributed by atoms with Gasteiger partial charge in [-0.25, -0.2) is 4.98 Å². The third-order valence-electron chi connectivity index (χ3n) is 3.04. The van der Waals surface area contributed by atoms with E-state index in [-0.39, 0.29) is 0 Å². The first-order valence-electron chi connectivity index (χ1n) is 5.61. The summed E-state index contributed by atoms with van der Waals surface area (Å²) in [4.78, 5) is 5.90. The lowest BCUT2D eigenvalue weighted by atomic mass is 10.1. The number of anilines is 1. The highest BCUT2D eigenvalue weighted by atomic mass is 32.1. The second-order valence-corrected chi connectivity index (χ2v) is 5.19. The molecule has 0 atom stereocenters. The van der Waals surface area contributed by atoms with Crippen LogP contribution >= 0.6 is 11.3 Å². The number of thiophene rings is 1. The Balaban J connectivity index is 2.12. The number of nitrogens with zero attached hydrogens (tertiary/aromatic N) is 2. The molecule has 0 aromatic carbocycles. The van der Waals surface area contributed by atoms with Crippen molar-refractivity contribution in [3.05, 3.63) is 16.3 Å². The average Bonchev–Trinajstić information content (AvgIpc) is 2.92. The van der Waals surface area contributed by atoms with Gasteiger partial charge in [-0.3, -0.25) is 5.10 Å². The lowest BCUT2D eigenvalue weighted by molar-refractivity contribution is 0.914. The van der Waals surface area contributed by atoms with Gasteiger partial charge in [-0.2, -0.15) is 5.10 Å². The van der Waals surface area contributed by atoms with E-state index in [2.05, 4.69) is 22.1 Å². The Morgan fingerprint density at radius 1 is 1.44 bits per heavy atom. The maximum absolute atomic E-state index is 6.06. The number of hydrogen-bond acceptors (Lipinski definition) is 4. The molecule has 2 aromatic heterocycles. The number of H-pyrrole nitrogens is 1. The molecule has 16 heavy (non-hydrogen) atoms. The van der Waals surface area contributed by atoms with E-state index in [9.17, 15) is 0 Å². The molecule has 0 bridgehead atoms. The maximum atomic E-state index is 6.06. The summed E-state index contributed by atoms with van der Waals surface area (Å²) in [5.41, 5.74) is 8.52. The largest absolute Gasteiger partial charge is 0.390 e. The Morgan fingerprint density at radius 2 is 2.31 bits per heavy atom. The van der Waals surface area contributed by atoms with Crippen molar-refractivity contribution in [1.29, 1.82) is 0 Å². The van der Waals surface area contributed by atoms with Gasteiger partial charge in [0.1, 0.15) is 5.82 Å². The van der Waals surface area contributed by atoms with Gasteiger partial charge in [0.05, 0.1) is 10.6 Å². The zero-order chi connectivity index (χ0) is 11.1. The molecule has 0 aliphatic heterocycles. The zero-order valence-corrected chi connectivity index (χ0v) is 10.0. The van der Waals surface area contributed by atoms with Crippen LogP contribution in [0.5, 0.6) is 0 Å². The van der Waals surface area contributed by atoms with Crippen LogP contribution in [-0.2, 0) is 19.3 Å². The van der Waals surface area contributed by atoms with Gasteiger partial charge < -0.3 is 5.73 Å². The Morgan fingerprint density at radius 3 is 3.06 bits per heavy atom. The second-order valence-electron chi connectivity index (χ2n) is 4.06. The van der Waals surface area contributed by atoms with Crippen LogP contribution in [0.1, 0.15) is 29.6 Å². The number of nitrogen functional groups attached to an aromatic ring is 1. The molecule has 3 rings (SSSR count). The first kappa shape index (κ1) is 9.84. The molecule has 0 saturated carbocycles. The first-order chi connectivity index (χ1) is 7.79. The van der Waals surface area contributed by atoms with Crippen LogP contribution in [0.25, 0.3) is 11.4 Å². The van der Waals surface area contributed by atoms with E-state index in [1.807, 2.05) is 0 Å².